The van der Waals surface area contributed by atoms with Crippen LogP contribution < -0.4 is 5.32 Å². The number of hydrogen-bond donors (Lipinski definition) is 1. The summed E-state index contributed by atoms with van der Waals surface area (Å²) >= 11 is 0. The van der Waals surface area contributed by atoms with E-state index in [1.54, 1.807) is 26.8 Å². The smallest absolute Gasteiger partial charge is 0.306 e. The predicted molar refractivity (Wildman–Crippen MR) is 133 cm³/mol. The first kappa shape index (κ1) is 26.2. The van der Waals surface area contributed by atoms with Gasteiger partial charge >= 0.3 is 5.97 Å². The largest absolute Gasteiger partial charge is 0.461 e. The Balaban J connectivity index is 1.52. The molecule has 0 radical (unpaired) electrons. The predicted octanol–water partition coefficient (Wildman–Crippen LogP) is 4.40. The summed E-state index contributed by atoms with van der Waals surface area (Å²) in [6.07, 6.45) is 0.406. The van der Waals surface area contributed by atoms with Gasteiger partial charge in [0.1, 0.15) is 11.5 Å². The van der Waals surface area contributed by atoms with E-state index in [2.05, 4.69) is 5.32 Å². The van der Waals surface area contributed by atoms with E-state index in [0.717, 1.165) is 5.56 Å². The van der Waals surface area contributed by atoms with Crippen molar-refractivity contribution < 1.29 is 27.2 Å². The highest BCUT2D eigenvalue weighted by atomic mass is 32.2. The minimum absolute atomic E-state index is 0.0612. The van der Waals surface area contributed by atoms with Crippen molar-refractivity contribution in [2.75, 3.05) is 25.0 Å². The first-order chi connectivity index (χ1) is 16.7. The maximum atomic E-state index is 12.8. The molecule has 0 fully saturated rings. The van der Waals surface area contributed by atoms with Crippen molar-refractivity contribution in [3.63, 3.8) is 0 Å². The average Bonchev–Trinajstić information content (AvgIpc) is 3.33. The van der Waals surface area contributed by atoms with Crippen LogP contribution in [0.2, 0.25) is 0 Å². The molecule has 0 atom stereocenters. The van der Waals surface area contributed by atoms with Gasteiger partial charge in [0.05, 0.1) is 11.3 Å². The summed E-state index contributed by atoms with van der Waals surface area (Å²) in [6.45, 7) is 5.49. The number of carbonyl (C=O) groups excluding carboxylic acids is 2. The fourth-order valence-corrected chi connectivity index (χ4v) is 4.99. The number of hydrogen-bond acceptors (Lipinski definition) is 6. The number of aryl methyl sites for hydroxylation is 2. The number of furan rings is 1. The van der Waals surface area contributed by atoms with Gasteiger partial charge in [0, 0.05) is 30.8 Å². The highest BCUT2D eigenvalue weighted by Gasteiger charge is 2.22. The number of amides is 1. The summed E-state index contributed by atoms with van der Waals surface area (Å²) in [6, 6.07) is 17.9. The molecule has 35 heavy (non-hydrogen) atoms. The van der Waals surface area contributed by atoms with Crippen LogP contribution in [0, 0.1) is 6.92 Å². The molecule has 8 nitrogen and oxygen atoms in total. The lowest BCUT2D eigenvalue weighted by Gasteiger charge is -2.19. The number of ether oxygens (including phenoxy) is 1. The highest BCUT2D eigenvalue weighted by molar-refractivity contribution is 7.89. The van der Waals surface area contributed by atoms with Gasteiger partial charge in [0.2, 0.25) is 10.0 Å². The van der Waals surface area contributed by atoms with Gasteiger partial charge in [-0.25, -0.2) is 8.42 Å². The monoisotopic (exact) mass is 498 g/mol. The molecule has 0 bridgehead atoms. The molecule has 3 rings (SSSR count). The number of rotatable bonds is 11. The molecule has 1 heterocycles. The quantitative estimate of drug-likeness (QED) is 0.393. The van der Waals surface area contributed by atoms with Crippen LogP contribution in [0.1, 0.15) is 31.6 Å². The van der Waals surface area contributed by atoms with Crippen LogP contribution in [0.15, 0.2) is 70.0 Å². The fourth-order valence-electron chi connectivity index (χ4n) is 3.51. The van der Waals surface area contributed by atoms with Gasteiger partial charge in [-0.1, -0.05) is 50.2 Å². The number of carbonyl (C=O) groups is 2. The molecule has 0 aliphatic heterocycles. The normalized spacial score (nSPS) is 11.4. The molecule has 0 saturated heterocycles. The van der Waals surface area contributed by atoms with Crippen LogP contribution in [0.5, 0.6) is 0 Å². The average molecular weight is 499 g/mol. The van der Waals surface area contributed by atoms with Crippen molar-refractivity contribution >= 4 is 27.6 Å². The van der Waals surface area contributed by atoms with Crippen molar-refractivity contribution in [1.82, 2.24) is 4.31 Å². The molecular weight excluding hydrogens is 468 g/mol. The third kappa shape index (κ3) is 6.80. The zero-order valence-electron chi connectivity index (χ0n) is 20.1. The lowest BCUT2D eigenvalue weighted by molar-refractivity contribution is -0.147. The Labute approximate surface area is 205 Å². The second-order valence-corrected chi connectivity index (χ2v) is 9.84. The minimum Gasteiger partial charge on any atom is -0.461 e. The Morgan fingerprint density at radius 2 is 1.71 bits per heavy atom. The Morgan fingerprint density at radius 1 is 1.00 bits per heavy atom. The molecule has 3 aromatic rings. The van der Waals surface area contributed by atoms with Crippen LogP contribution in [-0.4, -0.2) is 44.3 Å². The van der Waals surface area contributed by atoms with E-state index < -0.39 is 28.5 Å². The van der Waals surface area contributed by atoms with Crippen LogP contribution in [0.4, 0.5) is 5.69 Å². The number of esters is 1. The molecule has 1 N–H and O–H groups in total. The Kier molecular flexibility index (Phi) is 8.84. The molecule has 0 spiro atoms. The summed E-state index contributed by atoms with van der Waals surface area (Å²) in [5.41, 5.74) is 1.99. The van der Waals surface area contributed by atoms with Gasteiger partial charge in [-0.2, -0.15) is 4.31 Å². The van der Waals surface area contributed by atoms with Crippen molar-refractivity contribution in [2.24, 2.45) is 0 Å². The summed E-state index contributed by atoms with van der Waals surface area (Å²) in [4.78, 5) is 24.5. The Morgan fingerprint density at radius 3 is 2.40 bits per heavy atom. The molecule has 9 heteroatoms. The summed E-state index contributed by atoms with van der Waals surface area (Å²) in [5, 5.41) is 2.63. The number of sulfonamides is 1. The molecular formula is C26H30N2O6S. The summed E-state index contributed by atoms with van der Waals surface area (Å²) < 4.78 is 37.7. The third-order valence-corrected chi connectivity index (χ3v) is 7.53. The van der Waals surface area contributed by atoms with Crippen LogP contribution in [0.3, 0.4) is 0 Å². The van der Waals surface area contributed by atoms with Crippen molar-refractivity contribution in [3.8, 4) is 11.3 Å². The highest BCUT2D eigenvalue weighted by Crippen LogP contribution is 2.24. The standard InChI is InChI=1S/C26H30N2O6S/c1-4-28(5-2)35(31,32)22-14-11-19(3)23(17-22)27-25(29)18-33-26(30)16-13-21-12-15-24(34-21)20-9-7-6-8-10-20/h6-12,14-15,17H,4-5,13,16,18H2,1-3H3,(H,27,29). The molecule has 1 amide bonds. The van der Waals surface area contributed by atoms with Gasteiger partial charge in [0.15, 0.2) is 6.61 Å². The van der Waals surface area contributed by atoms with E-state index in [9.17, 15) is 18.0 Å². The van der Waals surface area contributed by atoms with Gasteiger partial charge < -0.3 is 14.5 Å². The van der Waals surface area contributed by atoms with Crippen LogP contribution >= 0.6 is 0 Å². The number of nitrogens with zero attached hydrogens (tertiary/aromatic N) is 1. The molecule has 2 aromatic carbocycles. The molecule has 186 valence electrons. The van der Waals surface area contributed by atoms with Gasteiger partial charge in [-0.15, -0.1) is 0 Å². The molecule has 0 aliphatic carbocycles. The van der Waals surface area contributed by atoms with Crippen molar-refractivity contribution in [3.05, 3.63) is 72.0 Å². The minimum atomic E-state index is -3.66. The van der Waals surface area contributed by atoms with Crippen LogP contribution in [-0.2, 0) is 30.8 Å². The van der Waals surface area contributed by atoms with Gasteiger partial charge in [-0.05, 0) is 36.8 Å². The van der Waals surface area contributed by atoms with E-state index >= 15 is 0 Å². The zero-order chi connectivity index (χ0) is 25.4. The van der Waals surface area contributed by atoms with Crippen molar-refractivity contribution in [1.29, 1.82) is 0 Å². The Hall–Kier alpha value is -3.43. The first-order valence-corrected chi connectivity index (χ1v) is 12.9. The van der Waals surface area contributed by atoms with Crippen molar-refractivity contribution in [2.45, 2.75) is 38.5 Å². The first-order valence-electron chi connectivity index (χ1n) is 11.4. The van der Waals surface area contributed by atoms with E-state index in [4.69, 9.17) is 9.15 Å². The van der Waals surface area contributed by atoms with Crippen LogP contribution in [0.25, 0.3) is 11.3 Å². The van der Waals surface area contributed by atoms with E-state index in [0.29, 0.717) is 42.3 Å². The SMILES string of the molecule is CCN(CC)S(=O)(=O)c1ccc(C)c(NC(=O)COC(=O)CCc2ccc(-c3ccccc3)o2)c1. The Bertz CT molecular complexity index is 1260. The van der Waals surface area contributed by atoms with E-state index in [1.807, 2.05) is 42.5 Å². The number of anilines is 1. The second-order valence-electron chi connectivity index (χ2n) is 7.91. The lowest BCUT2D eigenvalue weighted by Crippen LogP contribution is -2.30. The second kappa shape index (κ2) is 11.8. The van der Waals surface area contributed by atoms with Gasteiger partial charge in [0.25, 0.3) is 5.91 Å². The lowest BCUT2D eigenvalue weighted by atomic mass is 10.2. The third-order valence-electron chi connectivity index (χ3n) is 5.49. The zero-order valence-corrected chi connectivity index (χ0v) is 20.9. The molecule has 0 unspecified atom stereocenters. The molecule has 1 aromatic heterocycles. The number of nitrogens with one attached hydrogen (secondary N) is 1. The van der Waals surface area contributed by atoms with E-state index in [1.165, 1.54) is 16.4 Å². The summed E-state index contributed by atoms with van der Waals surface area (Å²) in [5.74, 6) is 0.275. The summed E-state index contributed by atoms with van der Waals surface area (Å²) in [7, 11) is -3.66. The maximum Gasteiger partial charge on any atom is 0.306 e. The number of benzene rings is 2. The fraction of sp³-hybridized carbons (Fsp3) is 0.308. The molecule has 0 saturated carbocycles. The maximum absolute atomic E-state index is 12.8. The van der Waals surface area contributed by atoms with Gasteiger partial charge in [-0.3, -0.25) is 9.59 Å². The topological polar surface area (TPSA) is 106 Å². The molecule has 0 aliphatic rings. The van der Waals surface area contributed by atoms with E-state index in [-0.39, 0.29) is 11.3 Å².